The van der Waals surface area contributed by atoms with E-state index in [4.69, 9.17) is 9.47 Å². The molecule has 1 heterocycles. The lowest BCUT2D eigenvalue weighted by atomic mass is 10.2. The summed E-state index contributed by atoms with van der Waals surface area (Å²) in [5.74, 6) is 0.353. The van der Waals surface area contributed by atoms with Crippen molar-refractivity contribution in [2.45, 2.75) is 13.0 Å². The molecule has 2 aromatic carbocycles. The number of rotatable bonds is 5. The lowest BCUT2D eigenvalue weighted by Gasteiger charge is -2.27. The van der Waals surface area contributed by atoms with E-state index in [0.29, 0.717) is 18.8 Å². The summed E-state index contributed by atoms with van der Waals surface area (Å²) in [5, 5.41) is 2.75. The molecule has 2 amide bonds. The van der Waals surface area contributed by atoms with Crippen LogP contribution in [0.4, 0.5) is 4.79 Å². The Morgan fingerprint density at radius 1 is 0.880 bits per heavy atom. The molecule has 0 N–H and O–H groups in total. The Morgan fingerprint density at radius 2 is 1.52 bits per heavy atom. The van der Waals surface area contributed by atoms with Gasteiger partial charge in [-0.25, -0.2) is 14.8 Å². The van der Waals surface area contributed by atoms with Gasteiger partial charge in [0, 0.05) is 13.1 Å². The van der Waals surface area contributed by atoms with E-state index in [9.17, 15) is 9.59 Å². The van der Waals surface area contributed by atoms with E-state index in [1.54, 1.807) is 12.1 Å². The molecule has 0 saturated carbocycles. The number of hydrogen-bond donors (Lipinski definition) is 0. The lowest BCUT2D eigenvalue weighted by molar-refractivity contribution is -0.144. The van der Waals surface area contributed by atoms with Crippen LogP contribution in [0.15, 0.2) is 60.7 Å². The lowest BCUT2D eigenvalue weighted by Crippen LogP contribution is -2.46. The first kappa shape index (κ1) is 16.8. The molecule has 0 radical (unpaired) electrons. The van der Waals surface area contributed by atoms with Crippen LogP contribution < -0.4 is 4.74 Å². The summed E-state index contributed by atoms with van der Waals surface area (Å²) in [4.78, 5) is 24.6. The van der Waals surface area contributed by atoms with Crippen LogP contribution in [0.5, 0.6) is 5.75 Å². The highest BCUT2D eigenvalue weighted by Gasteiger charge is 2.31. The zero-order valence-corrected chi connectivity index (χ0v) is 13.8. The molecule has 0 bridgehead atoms. The number of amides is 2. The number of nitrogens with zero attached hydrogens (tertiary/aromatic N) is 2. The molecule has 3 rings (SSSR count). The molecule has 0 aromatic heterocycles. The fourth-order valence-corrected chi connectivity index (χ4v) is 2.59. The summed E-state index contributed by atoms with van der Waals surface area (Å²) in [6.07, 6.45) is 0.201. The SMILES string of the molecule is O=C(COc1ccccc1)N1CCCN1C(=O)OCc1ccccc1. The maximum Gasteiger partial charge on any atom is 0.429 e. The highest BCUT2D eigenvalue weighted by atomic mass is 16.6. The Bertz CT molecular complexity index is 644. The molecular formula is C19H20N2O4. The summed E-state index contributed by atoms with van der Waals surface area (Å²) in [6, 6.07) is 18.5. The van der Waals surface area contributed by atoms with Crippen LogP contribution in [-0.4, -0.2) is 41.7 Å². The van der Waals surface area contributed by atoms with E-state index in [-0.39, 0.29) is 19.1 Å². The van der Waals surface area contributed by atoms with Crippen molar-refractivity contribution >= 4 is 12.0 Å². The molecule has 0 spiro atoms. The Kier molecular flexibility index (Phi) is 5.51. The minimum absolute atomic E-state index is 0.119. The van der Waals surface area contributed by atoms with E-state index in [0.717, 1.165) is 12.0 Å². The third-order valence-electron chi connectivity index (χ3n) is 3.84. The van der Waals surface area contributed by atoms with Crippen molar-refractivity contribution in [1.82, 2.24) is 10.0 Å². The Balaban J connectivity index is 1.52. The van der Waals surface area contributed by atoms with Crippen LogP contribution in [0.2, 0.25) is 0 Å². The number of carbonyl (C=O) groups excluding carboxylic acids is 2. The number of hydrazine groups is 1. The molecule has 1 aliphatic rings. The van der Waals surface area contributed by atoms with E-state index in [1.165, 1.54) is 10.0 Å². The predicted molar refractivity (Wildman–Crippen MR) is 91.6 cm³/mol. The standard InChI is InChI=1S/C19H20N2O4/c22-18(15-24-17-10-5-2-6-11-17)20-12-7-13-21(20)19(23)25-14-16-8-3-1-4-9-16/h1-6,8-11H,7,12-15H2. The molecule has 130 valence electrons. The van der Waals surface area contributed by atoms with E-state index in [2.05, 4.69) is 0 Å². The Hall–Kier alpha value is -3.02. The maximum atomic E-state index is 12.4. The largest absolute Gasteiger partial charge is 0.484 e. The zero-order chi connectivity index (χ0) is 17.5. The monoisotopic (exact) mass is 340 g/mol. The molecule has 1 aliphatic heterocycles. The van der Waals surface area contributed by atoms with Crippen LogP contribution >= 0.6 is 0 Å². The summed E-state index contributed by atoms with van der Waals surface area (Å²) < 4.78 is 10.8. The molecule has 1 fully saturated rings. The van der Waals surface area contributed by atoms with Gasteiger partial charge in [0.25, 0.3) is 5.91 Å². The number of para-hydroxylation sites is 1. The first-order valence-electron chi connectivity index (χ1n) is 8.20. The van der Waals surface area contributed by atoms with Gasteiger partial charge in [0.2, 0.25) is 0 Å². The van der Waals surface area contributed by atoms with E-state index < -0.39 is 6.09 Å². The van der Waals surface area contributed by atoms with Crippen LogP contribution in [0, 0.1) is 0 Å². The second-order valence-electron chi connectivity index (χ2n) is 5.64. The van der Waals surface area contributed by atoms with Gasteiger partial charge in [-0.2, -0.15) is 0 Å². The normalized spacial score (nSPS) is 13.6. The maximum absolute atomic E-state index is 12.4. The van der Waals surface area contributed by atoms with Crippen molar-refractivity contribution in [1.29, 1.82) is 0 Å². The van der Waals surface area contributed by atoms with Gasteiger partial charge in [-0.05, 0) is 24.1 Å². The molecule has 2 aromatic rings. The van der Waals surface area contributed by atoms with Gasteiger partial charge >= 0.3 is 6.09 Å². The molecule has 0 unspecified atom stereocenters. The molecule has 0 atom stereocenters. The second-order valence-corrected chi connectivity index (χ2v) is 5.64. The van der Waals surface area contributed by atoms with Gasteiger partial charge in [0.15, 0.2) is 6.61 Å². The van der Waals surface area contributed by atoms with Gasteiger partial charge in [-0.3, -0.25) is 4.79 Å². The Labute approximate surface area is 146 Å². The molecule has 0 aliphatic carbocycles. The van der Waals surface area contributed by atoms with Crippen molar-refractivity contribution in [2.75, 3.05) is 19.7 Å². The minimum atomic E-state index is -0.519. The van der Waals surface area contributed by atoms with Crippen LogP contribution in [0.25, 0.3) is 0 Å². The highest BCUT2D eigenvalue weighted by molar-refractivity contribution is 5.81. The highest BCUT2D eigenvalue weighted by Crippen LogP contribution is 2.15. The van der Waals surface area contributed by atoms with Crippen molar-refractivity contribution in [3.8, 4) is 5.75 Å². The van der Waals surface area contributed by atoms with Crippen molar-refractivity contribution < 1.29 is 19.1 Å². The van der Waals surface area contributed by atoms with E-state index >= 15 is 0 Å². The molecular weight excluding hydrogens is 320 g/mol. The number of ether oxygens (including phenoxy) is 2. The summed E-state index contributed by atoms with van der Waals surface area (Å²) in [6.45, 7) is 1.01. The minimum Gasteiger partial charge on any atom is -0.484 e. The van der Waals surface area contributed by atoms with Gasteiger partial charge < -0.3 is 9.47 Å². The van der Waals surface area contributed by atoms with Crippen LogP contribution in [-0.2, 0) is 16.1 Å². The topological polar surface area (TPSA) is 59.1 Å². The molecule has 6 heteroatoms. The van der Waals surface area contributed by atoms with Crippen molar-refractivity contribution in [2.24, 2.45) is 0 Å². The predicted octanol–water partition coefficient (Wildman–Crippen LogP) is 2.85. The molecule has 25 heavy (non-hydrogen) atoms. The van der Waals surface area contributed by atoms with Gasteiger partial charge in [0.1, 0.15) is 12.4 Å². The average molecular weight is 340 g/mol. The average Bonchev–Trinajstić information content (AvgIpc) is 3.16. The molecule has 1 saturated heterocycles. The van der Waals surface area contributed by atoms with Crippen molar-refractivity contribution in [3.05, 3.63) is 66.2 Å². The molecule has 6 nitrogen and oxygen atoms in total. The second kappa shape index (κ2) is 8.19. The fraction of sp³-hybridized carbons (Fsp3) is 0.263. The van der Waals surface area contributed by atoms with E-state index in [1.807, 2.05) is 48.5 Å². The van der Waals surface area contributed by atoms with Crippen LogP contribution in [0.1, 0.15) is 12.0 Å². The summed E-state index contributed by atoms with van der Waals surface area (Å²) in [7, 11) is 0. The first-order valence-corrected chi connectivity index (χ1v) is 8.20. The zero-order valence-electron chi connectivity index (χ0n) is 13.8. The van der Waals surface area contributed by atoms with Gasteiger partial charge in [-0.15, -0.1) is 0 Å². The summed E-state index contributed by atoms with van der Waals surface area (Å²) >= 11 is 0. The number of carbonyl (C=O) groups is 2. The van der Waals surface area contributed by atoms with Crippen LogP contribution in [0.3, 0.4) is 0 Å². The quantitative estimate of drug-likeness (QED) is 0.840. The Morgan fingerprint density at radius 3 is 2.24 bits per heavy atom. The van der Waals surface area contributed by atoms with Gasteiger partial charge in [0.05, 0.1) is 0 Å². The fourth-order valence-electron chi connectivity index (χ4n) is 2.59. The first-order chi connectivity index (χ1) is 12.2. The van der Waals surface area contributed by atoms with Crippen molar-refractivity contribution in [3.63, 3.8) is 0 Å². The number of hydrogen-bond acceptors (Lipinski definition) is 4. The summed E-state index contributed by atoms with van der Waals surface area (Å²) in [5.41, 5.74) is 0.903. The number of benzene rings is 2. The third-order valence-corrected chi connectivity index (χ3v) is 3.84. The third kappa shape index (κ3) is 4.50. The van der Waals surface area contributed by atoms with Gasteiger partial charge in [-0.1, -0.05) is 48.5 Å². The smallest absolute Gasteiger partial charge is 0.429 e.